The normalized spacial score (nSPS) is 11.2. The molecule has 0 aromatic carbocycles. The van der Waals surface area contributed by atoms with Crippen molar-refractivity contribution in [2.75, 3.05) is 0 Å². The van der Waals surface area contributed by atoms with Crippen LogP contribution < -0.4 is 0 Å². The maximum atomic E-state index is 6.04. The van der Waals surface area contributed by atoms with E-state index in [1.54, 1.807) is 0 Å². The molecule has 0 spiro atoms. The van der Waals surface area contributed by atoms with Gasteiger partial charge in [0.2, 0.25) is 0 Å². The third-order valence-corrected chi connectivity index (χ3v) is 3.32. The molecule has 3 aromatic heterocycles. The fraction of sp³-hybridized carbons (Fsp3) is 0.222. The van der Waals surface area contributed by atoms with Gasteiger partial charge in [-0.2, -0.15) is 0 Å². The fourth-order valence-corrected chi connectivity index (χ4v) is 2.29. The molecule has 0 unspecified atom stereocenters. The second-order valence-electron chi connectivity index (χ2n) is 3.55. The molecule has 0 fully saturated rings. The number of fused-ring (bicyclic) bond motifs is 1. The summed E-state index contributed by atoms with van der Waals surface area (Å²) in [5.74, 6) is 0.638. The van der Waals surface area contributed by atoms with Gasteiger partial charge in [0.1, 0.15) is 5.69 Å². The summed E-state index contributed by atoms with van der Waals surface area (Å²) in [6.07, 6.45) is 0. The van der Waals surface area contributed by atoms with Crippen LogP contribution in [0.2, 0.25) is 5.15 Å². The highest BCUT2D eigenvalue weighted by Gasteiger charge is 2.16. The van der Waals surface area contributed by atoms with Crippen LogP contribution in [-0.2, 0) is 0 Å². The molecule has 3 heterocycles. The van der Waals surface area contributed by atoms with Crippen molar-refractivity contribution in [1.82, 2.24) is 29.2 Å². The lowest BCUT2D eigenvalue weighted by atomic mass is 10.3. The van der Waals surface area contributed by atoms with Gasteiger partial charge < -0.3 is 0 Å². The molecule has 0 amide bonds. The third kappa shape index (κ3) is 1.50. The van der Waals surface area contributed by atoms with Gasteiger partial charge in [0.25, 0.3) is 0 Å². The van der Waals surface area contributed by atoms with Crippen LogP contribution in [0.15, 0.2) is 5.38 Å². The van der Waals surface area contributed by atoms with Gasteiger partial charge in [-0.25, -0.2) is 4.98 Å². The van der Waals surface area contributed by atoms with Gasteiger partial charge in [0.05, 0.1) is 5.69 Å². The van der Waals surface area contributed by atoms with E-state index in [1.807, 2.05) is 23.6 Å². The molecule has 0 radical (unpaired) electrons. The molecule has 86 valence electrons. The summed E-state index contributed by atoms with van der Waals surface area (Å²) in [5, 5.41) is 14.3. The van der Waals surface area contributed by atoms with Crippen molar-refractivity contribution < 1.29 is 0 Å². The number of rotatable bonds is 1. The molecule has 0 aliphatic rings. The van der Waals surface area contributed by atoms with Gasteiger partial charge in [-0.15, -0.1) is 15.3 Å². The average molecular weight is 267 g/mol. The molecule has 6 nitrogen and oxygen atoms in total. The van der Waals surface area contributed by atoms with Gasteiger partial charge in [-0.1, -0.05) is 16.1 Å². The van der Waals surface area contributed by atoms with E-state index >= 15 is 0 Å². The molecule has 17 heavy (non-hydrogen) atoms. The average Bonchev–Trinajstić information content (AvgIpc) is 2.94. The number of aryl methyl sites for hydroxylation is 2. The third-order valence-electron chi connectivity index (χ3n) is 2.56. The molecule has 3 rings (SSSR count). The quantitative estimate of drug-likeness (QED) is 0.673. The summed E-state index contributed by atoms with van der Waals surface area (Å²) in [4.78, 5) is 4.20. The molecule has 0 saturated carbocycles. The topological polar surface area (TPSA) is 68.9 Å². The Morgan fingerprint density at radius 1 is 1.24 bits per heavy atom. The number of aromatic nitrogens is 6. The zero-order valence-corrected chi connectivity index (χ0v) is 10.6. The first-order valence-electron chi connectivity index (χ1n) is 4.83. The predicted octanol–water partition coefficient (Wildman–Crippen LogP) is 1.91. The second kappa shape index (κ2) is 3.71. The highest BCUT2D eigenvalue weighted by molar-refractivity contribution is 7.03. The lowest BCUT2D eigenvalue weighted by molar-refractivity contribution is 0.989. The Kier molecular flexibility index (Phi) is 2.30. The van der Waals surface area contributed by atoms with Crippen molar-refractivity contribution in [2.45, 2.75) is 13.8 Å². The molecule has 0 atom stereocenters. The fourth-order valence-electron chi connectivity index (χ4n) is 1.60. The Morgan fingerprint density at radius 3 is 2.76 bits per heavy atom. The Morgan fingerprint density at radius 2 is 2.06 bits per heavy atom. The van der Waals surface area contributed by atoms with Crippen molar-refractivity contribution in [3.63, 3.8) is 0 Å². The SMILES string of the molecule is Cc1nc(Cl)c2nnc(-c3csnn3)n2c1C. The van der Waals surface area contributed by atoms with Gasteiger partial charge in [0.15, 0.2) is 16.6 Å². The zero-order valence-electron chi connectivity index (χ0n) is 9.05. The highest BCUT2D eigenvalue weighted by atomic mass is 35.5. The van der Waals surface area contributed by atoms with Crippen LogP contribution in [0.4, 0.5) is 0 Å². The minimum Gasteiger partial charge on any atom is -0.274 e. The number of hydrogen-bond acceptors (Lipinski definition) is 6. The summed E-state index contributed by atoms with van der Waals surface area (Å²) in [6, 6.07) is 0. The molecular weight excluding hydrogens is 260 g/mol. The molecule has 0 saturated heterocycles. The van der Waals surface area contributed by atoms with Crippen LogP contribution in [0, 0.1) is 13.8 Å². The van der Waals surface area contributed by atoms with Crippen LogP contribution >= 0.6 is 23.1 Å². The van der Waals surface area contributed by atoms with Gasteiger partial charge >= 0.3 is 0 Å². The van der Waals surface area contributed by atoms with Crippen LogP contribution in [0.5, 0.6) is 0 Å². The van der Waals surface area contributed by atoms with Crippen LogP contribution in [0.25, 0.3) is 17.2 Å². The monoisotopic (exact) mass is 266 g/mol. The summed E-state index contributed by atoms with van der Waals surface area (Å²) in [5.41, 5.74) is 3.01. The van der Waals surface area contributed by atoms with E-state index in [0.29, 0.717) is 22.3 Å². The predicted molar refractivity (Wildman–Crippen MR) is 64.2 cm³/mol. The van der Waals surface area contributed by atoms with Gasteiger partial charge in [0, 0.05) is 11.1 Å². The Hall–Kier alpha value is -1.60. The summed E-state index contributed by atoms with van der Waals surface area (Å²) >= 11 is 7.31. The van der Waals surface area contributed by atoms with Crippen molar-refractivity contribution in [3.05, 3.63) is 21.9 Å². The highest BCUT2D eigenvalue weighted by Crippen LogP contribution is 2.23. The van der Waals surface area contributed by atoms with Gasteiger partial charge in [-0.3, -0.25) is 4.40 Å². The lowest BCUT2D eigenvalue weighted by Crippen LogP contribution is -2.01. The van der Waals surface area contributed by atoms with Crippen molar-refractivity contribution in [3.8, 4) is 11.5 Å². The first-order valence-corrected chi connectivity index (χ1v) is 6.05. The van der Waals surface area contributed by atoms with Crippen LogP contribution in [-0.4, -0.2) is 29.2 Å². The van der Waals surface area contributed by atoms with Crippen LogP contribution in [0.3, 0.4) is 0 Å². The van der Waals surface area contributed by atoms with Crippen molar-refractivity contribution in [1.29, 1.82) is 0 Å². The van der Waals surface area contributed by atoms with E-state index in [1.165, 1.54) is 11.5 Å². The standard InChI is InChI=1S/C9H7ClN6S/c1-4-5(2)16-8(6-3-17-15-12-6)13-14-9(16)7(10)11-4/h3H,1-2H3. The summed E-state index contributed by atoms with van der Waals surface area (Å²) in [6.45, 7) is 3.84. The smallest absolute Gasteiger partial charge is 0.199 e. The van der Waals surface area contributed by atoms with E-state index in [-0.39, 0.29) is 0 Å². The molecule has 0 aliphatic carbocycles. The lowest BCUT2D eigenvalue weighted by Gasteiger charge is -2.05. The van der Waals surface area contributed by atoms with Gasteiger partial charge in [-0.05, 0) is 25.4 Å². The Bertz CT molecular complexity index is 689. The largest absolute Gasteiger partial charge is 0.274 e. The molecule has 0 N–H and O–H groups in total. The molecule has 3 aromatic rings. The Balaban J connectivity index is 2.42. The molecular formula is C9H7ClN6S. The number of hydrogen-bond donors (Lipinski definition) is 0. The minimum atomic E-state index is 0.343. The van der Waals surface area contributed by atoms with E-state index in [4.69, 9.17) is 11.6 Å². The Labute approximate surface area is 105 Å². The number of nitrogens with zero attached hydrogens (tertiary/aromatic N) is 6. The van der Waals surface area contributed by atoms with Crippen LogP contribution in [0.1, 0.15) is 11.4 Å². The molecule has 0 aliphatic heterocycles. The zero-order chi connectivity index (χ0) is 12.0. The van der Waals surface area contributed by atoms with Crippen molar-refractivity contribution in [2.24, 2.45) is 0 Å². The first kappa shape index (κ1) is 10.5. The molecule has 0 bridgehead atoms. The van der Waals surface area contributed by atoms with E-state index in [0.717, 1.165) is 11.4 Å². The first-order chi connectivity index (χ1) is 8.18. The van der Waals surface area contributed by atoms with E-state index < -0.39 is 0 Å². The maximum absolute atomic E-state index is 6.04. The number of halogens is 1. The maximum Gasteiger partial charge on any atom is 0.199 e. The summed E-state index contributed by atoms with van der Waals surface area (Å²) < 4.78 is 5.67. The molecule has 8 heteroatoms. The summed E-state index contributed by atoms with van der Waals surface area (Å²) in [7, 11) is 0. The van der Waals surface area contributed by atoms with Crippen molar-refractivity contribution >= 4 is 28.8 Å². The van der Waals surface area contributed by atoms with E-state index in [2.05, 4.69) is 24.8 Å². The van der Waals surface area contributed by atoms with E-state index in [9.17, 15) is 0 Å². The second-order valence-corrected chi connectivity index (χ2v) is 4.51. The minimum absolute atomic E-state index is 0.343.